The molecule has 0 saturated carbocycles. The zero-order valence-electron chi connectivity index (χ0n) is 12.4. The van der Waals surface area contributed by atoms with E-state index in [2.05, 4.69) is 67.8 Å². The van der Waals surface area contributed by atoms with Crippen LogP contribution in [0.3, 0.4) is 0 Å². The van der Waals surface area contributed by atoms with Gasteiger partial charge in [-0.3, -0.25) is 5.84 Å². The summed E-state index contributed by atoms with van der Waals surface area (Å²) in [7, 11) is 0. The van der Waals surface area contributed by atoms with Crippen LogP contribution in [-0.2, 0) is 12.8 Å². The van der Waals surface area contributed by atoms with Crippen molar-refractivity contribution in [1.82, 2.24) is 5.43 Å². The molecule has 1 atom stereocenters. The fraction of sp³-hybridized carbons (Fsp3) is 0.333. The van der Waals surface area contributed by atoms with E-state index in [0.29, 0.717) is 0 Å². The van der Waals surface area contributed by atoms with Crippen molar-refractivity contribution in [1.29, 1.82) is 0 Å². The number of nitrogens with one attached hydrogen (secondary N) is 1. The zero-order valence-corrected chi connectivity index (χ0v) is 12.4. The predicted octanol–water partition coefficient (Wildman–Crippen LogP) is 3.75. The van der Waals surface area contributed by atoms with E-state index >= 15 is 0 Å². The van der Waals surface area contributed by atoms with E-state index in [0.717, 1.165) is 12.8 Å². The summed E-state index contributed by atoms with van der Waals surface area (Å²) in [6, 6.07) is 17.4. The Bertz CT molecular complexity index is 514. The quantitative estimate of drug-likeness (QED) is 0.618. The molecule has 0 spiro atoms. The summed E-state index contributed by atoms with van der Waals surface area (Å²) in [5.74, 6) is 5.75. The second-order valence-corrected chi connectivity index (χ2v) is 5.19. The first kappa shape index (κ1) is 14.8. The van der Waals surface area contributed by atoms with Crippen LogP contribution in [0.25, 0.3) is 0 Å². The average molecular weight is 268 g/mol. The van der Waals surface area contributed by atoms with Gasteiger partial charge in [-0.15, -0.1) is 0 Å². The van der Waals surface area contributed by atoms with E-state index < -0.39 is 0 Å². The summed E-state index contributed by atoms with van der Waals surface area (Å²) < 4.78 is 0. The lowest BCUT2D eigenvalue weighted by molar-refractivity contribution is 0.636. The topological polar surface area (TPSA) is 38.0 Å². The summed E-state index contributed by atoms with van der Waals surface area (Å²) in [6.45, 7) is 4.37. The number of hydrogen-bond donors (Lipinski definition) is 2. The Morgan fingerprint density at radius 3 is 1.75 bits per heavy atom. The van der Waals surface area contributed by atoms with E-state index in [4.69, 9.17) is 5.84 Å². The summed E-state index contributed by atoms with van der Waals surface area (Å²) in [4.78, 5) is 0. The smallest absolute Gasteiger partial charge is 0.0710 e. The summed E-state index contributed by atoms with van der Waals surface area (Å²) >= 11 is 0. The number of benzene rings is 2. The van der Waals surface area contributed by atoms with Crippen LogP contribution in [0.15, 0.2) is 48.5 Å². The maximum Gasteiger partial charge on any atom is 0.0710 e. The monoisotopic (exact) mass is 268 g/mol. The molecule has 0 aliphatic carbocycles. The van der Waals surface area contributed by atoms with Gasteiger partial charge in [0.05, 0.1) is 6.04 Å². The Morgan fingerprint density at radius 2 is 1.35 bits per heavy atom. The number of hydrogen-bond acceptors (Lipinski definition) is 2. The van der Waals surface area contributed by atoms with Crippen LogP contribution in [0.1, 0.15) is 48.6 Å². The summed E-state index contributed by atoms with van der Waals surface area (Å²) in [6.07, 6.45) is 3.37. The Kier molecular flexibility index (Phi) is 5.33. The first-order valence-corrected chi connectivity index (χ1v) is 7.42. The van der Waals surface area contributed by atoms with Crippen LogP contribution in [0.2, 0.25) is 0 Å². The molecule has 0 aromatic heterocycles. The van der Waals surface area contributed by atoms with E-state index in [1.165, 1.54) is 28.7 Å². The van der Waals surface area contributed by atoms with Gasteiger partial charge in [0.25, 0.3) is 0 Å². The minimum Gasteiger partial charge on any atom is -0.271 e. The fourth-order valence-corrected chi connectivity index (χ4v) is 2.50. The van der Waals surface area contributed by atoms with Gasteiger partial charge in [0.2, 0.25) is 0 Å². The number of rotatable bonds is 6. The van der Waals surface area contributed by atoms with Crippen molar-refractivity contribution in [3.63, 3.8) is 0 Å². The summed E-state index contributed by atoms with van der Waals surface area (Å²) in [5.41, 5.74) is 8.06. The molecule has 3 N–H and O–H groups in total. The minimum atomic E-state index is 0.0524. The second-order valence-electron chi connectivity index (χ2n) is 5.19. The zero-order chi connectivity index (χ0) is 14.4. The van der Waals surface area contributed by atoms with Crippen LogP contribution >= 0.6 is 0 Å². The highest BCUT2D eigenvalue weighted by Gasteiger charge is 2.11. The van der Waals surface area contributed by atoms with Gasteiger partial charge in [-0.05, 0) is 35.1 Å². The van der Waals surface area contributed by atoms with E-state index in [1.54, 1.807) is 0 Å². The van der Waals surface area contributed by atoms with E-state index in [-0.39, 0.29) is 6.04 Å². The Hall–Kier alpha value is -1.64. The van der Waals surface area contributed by atoms with E-state index in [9.17, 15) is 0 Å². The maximum absolute atomic E-state index is 5.75. The molecule has 0 aliphatic rings. The Morgan fingerprint density at radius 1 is 0.850 bits per heavy atom. The van der Waals surface area contributed by atoms with Gasteiger partial charge in [0.15, 0.2) is 0 Å². The Balaban J connectivity index is 2.21. The van der Waals surface area contributed by atoms with Gasteiger partial charge in [0, 0.05) is 0 Å². The highest BCUT2D eigenvalue weighted by Crippen LogP contribution is 2.22. The maximum atomic E-state index is 5.75. The minimum absolute atomic E-state index is 0.0524. The molecule has 20 heavy (non-hydrogen) atoms. The Labute approximate surface area is 122 Å². The molecule has 0 aliphatic heterocycles. The SMILES string of the molecule is CCCc1ccc(C(NN)c2ccc(CC)cc2)cc1. The lowest BCUT2D eigenvalue weighted by atomic mass is 9.96. The average Bonchev–Trinajstić information content (AvgIpc) is 2.51. The molecule has 2 heteroatoms. The van der Waals surface area contributed by atoms with Crippen LogP contribution in [0.5, 0.6) is 0 Å². The van der Waals surface area contributed by atoms with Crippen molar-refractivity contribution in [2.24, 2.45) is 5.84 Å². The molecule has 0 fully saturated rings. The van der Waals surface area contributed by atoms with Crippen LogP contribution < -0.4 is 11.3 Å². The third-order valence-electron chi connectivity index (χ3n) is 3.74. The first-order chi connectivity index (χ1) is 9.78. The third-order valence-corrected chi connectivity index (χ3v) is 3.74. The molecule has 0 heterocycles. The van der Waals surface area contributed by atoms with Crippen LogP contribution in [0, 0.1) is 0 Å². The molecule has 106 valence electrons. The number of hydrazine groups is 1. The molecule has 0 bridgehead atoms. The molecule has 2 nitrogen and oxygen atoms in total. The van der Waals surface area contributed by atoms with Crippen molar-refractivity contribution >= 4 is 0 Å². The number of aryl methyl sites for hydroxylation is 2. The van der Waals surface area contributed by atoms with Crippen LogP contribution in [-0.4, -0.2) is 0 Å². The predicted molar refractivity (Wildman–Crippen MR) is 85.4 cm³/mol. The molecular formula is C18H24N2. The highest BCUT2D eigenvalue weighted by atomic mass is 15.2. The van der Waals surface area contributed by atoms with Crippen molar-refractivity contribution < 1.29 is 0 Å². The molecular weight excluding hydrogens is 244 g/mol. The van der Waals surface area contributed by atoms with Crippen molar-refractivity contribution in [2.75, 3.05) is 0 Å². The van der Waals surface area contributed by atoms with Gasteiger partial charge >= 0.3 is 0 Å². The molecule has 2 aromatic rings. The lowest BCUT2D eigenvalue weighted by Gasteiger charge is -2.17. The number of nitrogens with two attached hydrogens (primary N) is 1. The third kappa shape index (κ3) is 3.47. The highest BCUT2D eigenvalue weighted by molar-refractivity contribution is 5.35. The molecule has 0 amide bonds. The van der Waals surface area contributed by atoms with Crippen LogP contribution in [0.4, 0.5) is 0 Å². The largest absolute Gasteiger partial charge is 0.271 e. The van der Waals surface area contributed by atoms with E-state index in [1.807, 2.05) is 0 Å². The van der Waals surface area contributed by atoms with Gasteiger partial charge in [0.1, 0.15) is 0 Å². The van der Waals surface area contributed by atoms with Gasteiger partial charge in [-0.1, -0.05) is 68.8 Å². The van der Waals surface area contributed by atoms with Crippen molar-refractivity contribution in [2.45, 2.75) is 39.2 Å². The normalized spacial score (nSPS) is 12.3. The molecule has 2 aromatic carbocycles. The summed E-state index contributed by atoms with van der Waals surface area (Å²) in [5, 5.41) is 0. The molecule has 0 saturated heterocycles. The fourth-order valence-electron chi connectivity index (χ4n) is 2.50. The molecule has 1 unspecified atom stereocenters. The standard InChI is InChI=1S/C18H24N2/c1-3-5-15-8-12-17(13-9-15)18(20-19)16-10-6-14(4-2)7-11-16/h6-13,18,20H,3-5,19H2,1-2H3. The van der Waals surface area contributed by atoms with Crippen molar-refractivity contribution in [3.8, 4) is 0 Å². The van der Waals surface area contributed by atoms with Crippen molar-refractivity contribution in [3.05, 3.63) is 70.8 Å². The second kappa shape index (κ2) is 7.22. The lowest BCUT2D eigenvalue weighted by Crippen LogP contribution is -2.28. The van der Waals surface area contributed by atoms with Gasteiger partial charge < -0.3 is 0 Å². The first-order valence-electron chi connectivity index (χ1n) is 7.42. The van der Waals surface area contributed by atoms with Gasteiger partial charge in [-0.2, -0.15) is 0 Å². The molecule has 2 rings (SSSR count). The van der Waals surface area contributed by atoms with Gasteiger partial charge in [-0.25, -0.2) is 5.43 Å². The molecule has 0 radical (unpaired) electrons.